The van der Waals surface area contributed by atoms with Crippen LogP contribution in [0.1, 0.15) is 11.5 Å². The third-order valence-electron chi connectivity index (χ3n) is 1.64. The second-order valence-corrected chi connectivity index (χ2v) is 2.29. The van der Waals surface area contributed by atoms with E-state index >= 15 is 0 Å². The maximum Gasteiger partial charge on any atom is 0.327 e. The molecule has 4 nitrogen and oxygen atoms in total. The topological polar surface area (TPSA) is 46.9 Å². The van der Waals surface area contributed by atoms with Gasteiger partial charge in [0.15, 0.2) is 0 Å². The number of hydrogen-bond acceptors (Lipinski definition) is 2. The Morgan fingerprint density at radius 2 is 2.60 bits per heavy atom. The number of carbonyl (C=O) groups excluding carboxylic acids is 1. The number of aromatic nitrogens is 2. The van der Waals surface area contributed by atoms with Gasteiger partial charge in [0.25, 0.3) is 0 Å². The van der Waals surface area contributed by atoms with Gasteiger partial charge in [-0.05, 0) is 6.92 Å². The minimum absolute atomic E-state index is 0.0648. The maximum atomic E-state index is 11.0. The highest BCUT2D eigenvalue weighted by Crippen LogP contribution is 2.08. The molecule has 52 valence electrons. The van der Waals surface area contributed by atoms with Crippen LogP contribution in [0, 0.1) is 6.92 Å². The van der Waals surface area contributed by atoms with E-state index in [1.165, 1.54) is 0 Å². The molecule has 1 aliphatic rings. The molecule has 4 heteroatoms. The monoisotopic (exact) mass is 137 g/mol. The lowest BCUT2D eigenvalue weighted by atomic mass is 10.5. The van der Waals surface area contributed by atoms with Crippen LogP contribution in [0.15, 0.2) is 6.20 Å². The SMILES string of the molecule is Cc1ncc2n1C(=O)NC2. The number of nitrogens with one attached hydrogen (secondary N) is 1. The molecule has 0 atom stereocenters. The van der Waals surface area contributed by atoms with Gasteiger partial charge < -0.3 is 5.32 Å². The van der Waals surface area contributed by atoms with E-state index < -0.39 is 0 Å². The van der Waals surface area contributed by atoms with Crippen molar-refractivity contribution in [2.24, 2.45) is 0 Å². The summed E-state index contributed by atoms with van der Waals surface area (Å²) in [5.74, 6) is 0.755. The lowest BCUT2D eigenvalue weighted by molar-refractivity contribution is 0.246. The van der Waals surface area contributed by atoms with Gasteiger partial charge in [0, 0.05) is 0 Å². The fourth-order valence-electron chi connectivity index (χ4n) is 1.14. The van der Waals surface area contributed by atoms with Crippen LogP contribution in [-0.4, -0.2) is 15.6 Å². The summed E-state index contributed by atoms with van der Waals surface area (Å²) in [6, 6.07) is -0.0648. The fourth-order valence-corrected chi connectivity index (χ4v) is 1.14. The Labute approximate surface area is 57.9 Å². The van der Waals surface area contributed by atoms with Crippen LogP contribution < -0.4 is 5.32 Å². The molecule has 2 heterocycles. The number of imidazole rings is 1. The zero-order chi connectivity index (χ0) is 7.14. The standard InChI is InChI=1S/C6H7N3O/c1-4-7-2-5-3-8-6(10)9(4)5/h2H,3H2,1H3,(H,8,10). The molecule has 1 aromatic heterocycles. The van der Waals surface area contributed by atoms with Gasteiger partial charge in [0.05, 0.1) is 18.4 Å². The van der Waals surface area contributed by atoms with E-state index in [0.717, 1.165) is 11.5 Å². The third kappa shape index (κ3) is 0.504. The van der Waals surface area contributed by atoms with Crippen molar-refractivity contribution in [2.45, 2.75) is 13.5 Å². The Morgan fingerprint density at radius 3 is 3.30 bits per heavy atom. The second kappa shape index (κ2) is 1.59. The van der Waals surface area contributed by atoms with Crippen LogP contribution in [-0.2, 0) is 6.54 Å². The number of amides is 1. The van der Waals surface area contributed by atoms with Crippen LogP contribution in [0.2, 0.25) is 0 Å². The quantitative estimate of drug-likeness (QED) is 0.557. The van der Waals surface area contributed by atoms with Crippen molar-refractivity contribution >= 4 is 6.03 Å². The Hall–Kier alpha value is -1.32. The highest BCUT2D eigenvalue weighted by molar-refractivity contribution is 5.80. The maximum absolute atomic E-state index is 11.0. The first kappa shape index (κ1) is 5.46. The molecular formula is C6H7N3O. The average Bonchev–Trinajstić information content (AvgIpc) is 2.40. The minimum atomic E-state index is -0.0648. The Morgan fingerprint density at radius 1 is 1.80 bits per heavy atom. The molecule has 0 aromatic carbocycles. The first-order chi connectivity index (χ1) is 4.79. The summed E-state index contributed by atoms with van der Waals surface area (Å²) >= 11 is 0. The molecule has 1 amide bonds. The minimum Gasteiger partial charge on any atom is -0.332 e. The van der Waals surface area contributed by atoms with Gasteiger partial charge in [-0.15, -0.1) is 0 Å². The molecule has 0 spiro atoms. The summed E-state index contributed by atoms with van der Waals surface area (Å²) < 4.78 is 1.58. The van der Waals surface area contributed by atoms with Gasteiger partial charge in [-0.1, -0.05) is 0 Å². The predicted octanol–water partition coefficient (Wildman–Crippen LogP) is 0.263. The molecule has 0 bridgehead atoms. The van der Waals surface area contributed by atoms with Crippen molar-refractivity contribution in [3.8, 4) is 0 Å². The average molecular weight is 137 g/mol. The molecule has 1 aliphatic heterocycles. The van der Waals surface area contributed by atoms with Crippen molar-refractivity contribution < 1.29 is 4.79 Å². The predicted molar refractivity (Wildman–Crippen MR) is 34.6 cm³/mol. The number of carbonyl (C=O) groups is 1. The van der Waals surface area contributed by atoms with E-state index in [0.29, 0.717) is 6.54 Å². The molecule has 10 heavy (non-hydrogen) atoms. The summed E-state index contributed by atoms with van der Waals surface area (Å²) in [6.07, 6.45) is 1.72. The lowest BCUT2D eigenvalue weighted by Crippen LogP contribution is -2.18. The summed E-state index contributed by atoms with van der Waals surface area (Å²) in [5.41, 5.74) is 0.947. The molecular weight excluding hydrogens is 130 g/mol. The Kier molecular flexibility index (Phi) is 0.869. The molecule has 0 radical (unpaired) electrons. The van der Waals surface area contributed by atoms with E-state index in [2.05, 4.69) is 10.3 Å². The van der Waals surface area contributed by atoms with Gasteiger partial charge >= 0.3 is 6.03 Å². The molecule has 0 aliphatic carbocycles. The lowest BCUT2D eigenvalue weighted by Gasteiger charge is -1.93. The number of hydrogen-bond donors (Lipinski definition) is 1. The Bertz CT molecular complexity index is 289. The summed E-state index contributed by atoms with van der Waals surface area (Å²) in [4.78, 5) is 15.0. The molecule has 0 fully saturated rings. The van der Waals surface area contributed by atoms with Gasteiger partial charge in [0.1, 0.15) is 5.82 Å². The third-order valence-corrected chi connectivity index (χ3v) is 1.64. The molecule has 2 rings (SSSR count). The van der Waals surface area contributed by atoms with Crippen molar-refractivity contribution in [1.82, 2.24) is 14.9 Å². The van der Waals surface area contributed by atoms with E-state index in [9.17, 15) is 4.79 Å². The number of rotatable bonds is 0. The molecule has 1 aromatic rings. The molecule has 0 saturated heterocycles. The highest BCUT2D eigenvalue weighted by atomic mass is 16.2. The van der Waals surface area contributed by atoms with Crippen LogP contribution in [0.3, 0.4) is 0 Å². The first-order valence-corrected chi connectivity index (χ1v) is 3.10. The number of aryl methyl sites for hydroxylation is 1. The zero-order valence-corrected chi connectivity index (χ0v) is 5.59. The van der Waals surface area contributed by atoms with Crippen LogP contribution in [0.25, 0.3) is 0 Å². The summed E-state index contributed by atoms with van der Waals surface area (Å²) in [7, 11) is 0. The van der Waals surface area contributed by atoms with Crippen LogP contribution in [0.5, 0.6) is 0 Å². The van der Waals surface area contributed by atoms with E-state index in [1.807, 2.05) is 6.92 Å². The first-order valence-electron chi connectivity index (χ1n) is 3.10. The Balaban J connectivity index is 2.65. The van der Waals surface area contributed by atoms with Crippen molar-refractivity contribution in [2.75, 3.05) is 0 Å². The molecule has 1 N–H and O–H groups in total. The number of nitrogens with zero attached hydrogens (tertiary/aromatic N) is 2. The largest absolute Gasteiger partial charge is 0.332 e. The highest BCUT2D eigenvalue weighted by Gasteiger charge is 2.19. The van der Waals surface area contributed by atoms with Crippen molar-refractivity contribution in [1.29, 1.82) is 0 Å². The molecule has 0 saturated carbocycles. The normalized spacial score (nSPS) is 15.1. The molecule has 0 unspecified atom stereocenters. The van der Waals surface area contributed by atoms with E-state index in [-0.39, 0.29) is 6.03 Å². The smallest absolute Gasteiger partial charge is 0.327 e. The second-order valence-electron chi connectivity index (χ2n) is 2.29. The van der Waals surface area contributed by atoms with E-state index in [1.54, 1.807) is 10.8 Å². The van der Waals surface area contributed by atoms with Crippen LogP contribution >= 0.6 is 0 Å². The van der Waals surface area contributed by atoms with Gasteiger partial charge in [-0.2, -0.15) is 0 Å². The van der Waals surface area contributed by atoms with Gasteiger partial charge in [0.2, 0.25) is 0 Å². The van der Waals surface area contributed by atoms with Gasteiger partial charge in [-0.25, -0.2) is 9.78 Å². The van der Waals surface area contributed by atoms with Crippen LogP contribution in [0.4, 0.5) is 4.79 Å². The number of fused-ring (bicyclic) bond motifs is 1. The van der Waals surface area contributed by atoms with Gasteiger partial charge in [-0.3, -0.25) is 4.57 Å². The van der Waals surface area contributed by atoms with Crippen molar-refractivity contribution in [3.63, 3.8) is 0 Å². The van der Waals surface area contributed by atoms with E-state index in [4.69, 9.17) is 0 Å². The summed E-state index contributed by atoms with van der Waals surface area (Å²) in [6.45, 7) is 2.42. The van der Waals surface area contributed by atoms with Crippen molar-refractivity contribution in [3.05, 3.63) is 17.7 Å². The fraction of sp³-hybridized carbons (Fsp3) is 0.333. The summed E-state index contributed by atoms with van der Waals surface area (Å²) in [5, 5.41) is 2.69. The zero-order valence-electron chi connectivity index (χ0n) is 5.59.